The molecule has 90 valence electrons. The Labute approximate surface area is 99.9 Å². The topological polar surface area (TPSA) is 77.0 Å². The summed E-state index contributed by atoms with van der Waals surface area (Å²) in [5, 5.41) is 14.0. The van der Waals surface area contributed by atoms with Crippen molar-refractivity contribution in [1.82, 2.24) is 14.8 Å². The van der Waals surface area contributed by atoms with Gasteiger partial charge in [0.2, 0.25) is 0 Å². The molecule has 0 saturated carbocycles. The van der Waals surface area contributed by atoms with Crippen LogP contribution in [0.1, 0.15) is 23.7 Å². The monoisotopic (exact) mass is 232 g/mol. The van der Waals surface area contributed by atoms with Crippen LogP contribution in [-0.2, 0) is 7.05 Å². The van der Waals surface area contributed by atoms with Gasteiger partial charge in [-0.2, -0.15) is 5.10 Å². The van der Waals surface area contributed by atoms with Gasteiger partial charge in [0.1, 0.15) is 17.9 Å². The maximum atomic E-state index is 9.90. The number of aromatic hydroxyl groups is 1. The zero-order valence-electron chi connectivity index (χ0n) is 9.74. The molecule has 0 aliphatic heterocycles. The molecule has 0 amide bonds. The van der Waals surface area contributed by atoms with Crippen LogP contribution < -0.4 is 5.73 Å². The number of hydrogen-bond donors (Lipinski definition) is 2. The van der Waals surface area contributed by atoms with Crippen LogP contribution in [0.5, 0.6) is 5.75 Å². The predicted molar refractivity (Wildman–Crippen MR) is 64.6 cm³/mol. The minimum Gasteiger partial charge on any atom is -0.508 e. The van der Waals surface area contributed by atoms with Crippen molar-refractivity contribution in [2.45, 2.75) is 12.3 Å². The van der Waals surface area contributed by atoms with E-state index in [0.717, 1.165) is 17.8 Å². The summed E-state index contributed by atoms with van der Waals surface area (Å²) < 4.78 is 1.72. The third kappa shape index (κ3) is 2.29. The Balaban J connectivity index is 2.43. The molecule has 1 unspecified atom stereocenters. The molecule has 3 N–H and O–H groups in total. The normalized spacial score (nSPS) is 12.6. The molecule has 2 rings (SSSR count). The molecule has 0 aliphatic rings. The summed E-state index contributed by atoms with van der Waals surface area (Å²) in [6.07, 6.45) is 2.24. The van der Waals surface area contributed by atoms with E-state index in [4.69, 9.17) is 5.73 Å². The highest BCUT2D eigenvalue weighted by Gasteiger charge is 2.20. The molecule has 0 aliphatic carbocycles. The Morgan fingerprint density at radius 3 is 2.76 bits per heavy atom. The Kier molecular flexibility index (Phi) is 3.39. The Morgan fingerprint density at radius 1 is 1.41 bits per heavy atom. The van der Waals surface area contributed by atoms with Gasteiger partial charge in [0, 0.05) is 18.5 Å². The number of nitrogens with two attached hydrogens (primary N) is 1. The van der Waals surface area contributed by atoms with Crippen molar-refractivity contribution in [2.24, 2.45) is 12.8 Å². The highest BCUT2D eigenvalue weighted by Crippen LogP contribution is 2.31. The van der Waals surface area contributed by atoms with Crippen molar-refractivity contribution in [2.75, 3.05) is 6.54 Å². The van der Waals surface area contributed by atoms with Gasteiger partial charge < -0.3 is 10.8 Å². The van der Waals surface area contributed by atoms with E-state index < -0.39 is 0 Å². The summed E-state index contributed by atoms with van der Waals surface area (Å²) in [6.45, 7) is 0.534. The Bertz CT molecular complexity index is 495. The lowest BCUT2D eigenvalue weighted by molar-refractivity contribution is 0.460. The summed E-state index contributed by atoms with van der Waals surface area (Å²) >= 11 is 0. The zero-order valence-corrected chi connectivity index (χ0v) is 9.74. The van der Waals surface area contributed by atoms with Gasteiger partial charge in [0.25, 0.3) is 0 Å². The van der Waals surface area contributed by atoms with Crippen LogP contribution in [0.15, 0.2) is 30.6 Å². The maximum Gasteiger partial charge on any atom is 0.138 e. The minimum absolute atomic E-state index is 0.0197. The summed E-state index contributed by atoms with van der Waals surface area (Å²) in [4.78, 5) is 4.24. The summed E-state index contributed by atoms with van der Waals surface area (Å²) in [5.41, 5.74) is 6.48. The fourth-order valence-electron chi connectivity index (χ4n) is 1.99. The average Bonchev–Trinajstić information content (AvgIpc) is 2.74. The van der Waals surface area contributed by atoms with Gasteiger partial charge in [-0.05, 0) is 19.0 Å². The third-order valence-electron chi connectivity index (χ3n) is 2.83. The molecular weight excluding hydrogens is 216 g/mol. The molecule has 0 radical (unpaired) electrons. The fraction of sp³-hybridized carbons (Fsp3) is 0.333. The molecule has 0 bridgehead atoms. The number of rotatable bonds is 4. The molecule has 1 atom stereocenters. The highest BCUT2D eigenvalue weighted by atomic mass is 16.3. The second-order valence-electron chi connectivity index (χ2n) is 3.93. The molecule has 0 saturated heterocycles. The second kappa shape index (κ2) is 4.97. The molecule has 2 aromatic rings. The molecule has 5 nitrogen and oxygen atoms in total. The number of nitrogens with zero attached hydrogens (tertiary/aromatic N) is 3. The van der Waals surface area contributed by atoms with Crippen LogP contribution in [0.25, 0.3) is 0 Å². The van der Waals surface area contributed by atoms with Gasteiger partial charge >= 0.3 is 0 Å². The Morgan fingerprint density at radius 2 is 2.18 bits per heavy atom. The number of hydrogen-bond acceptors (Lipinski definition) is 4. The smallest absolute Gasteiger partial charge is 0.138 e. The van der Waals surface area contributed by atoms with Crippen molar-refractivity contribution in [3.8, 4) is 5.75 Å². The van der Waals surface area contributed by atoms with E-state index in [2.05, 4.69) is 10.1 Å². The fourth-order valence-corrected chi connectivity index (χ4v) is 1.99. The molecule has 5 heteroatoms. The number of para-hydroxylation sites is 1. The predicted octanol–water partition coefficient (Wildman–Crippen LogP) is 1.00. The van der Waals surface area contributed by atoms with Crippen LogP contribution in [0.4, 0.5) is 0 Å². The van der Waals surface area contributed by atoms with E-state index in [-0.39, 0.29) is 11.7 Å². The summed E-state index contributed by atoms with van der Waals surface area (Å²) in [7, 11) is 1.84. The standard InChI is InChI=1S/C12H16N4O/c1-16-12(14-8-15-16)10(6-7-13)9-4-2-3-5-11(9)17/h2-5,8,10,17H,6-7,13H2,1H3. The van der Waals surface area contributed by atoms with Crippen LogP contribution >= 0.6 is 0 Å². The van der Waals surface area contributed by atoms with Gasteiger partial charge in [0.15, 0.2) is 0 Å². The molecule has 17 heavy (non-hydrogen) atoms. The first-order chi connectivity index (χ1) is 8.24. The van der Waals surface area contributed by atoms with Crippen molar-refractivity contribution < 1.29 is 5.11 Å². The largest absolute Gasteiger partial charge is 0.508 e. The maximum absolute atomic E-state index is 9.90. The van der Waals surface area contributed by atoms with Gasteiger partial charge in [-0.1, -0.05) is 18.2 Å². The number of phenolic OH excluding ortho intramolecular Hbond substituents is 1. The molecule has 1 aromatic carbocycles. The van der Waals surface area contributed by atoms with Gasteiger partial charge in [0.05, 0.1) is 0 Å². The van der Waals surface area contributed by atoms with Crippen LogP contribution in [0.3, 0.4) is 0 Å². The van der Waals surface area contributed by atoms with Gasteiger partial charge in [-0.25, -0.2) is 4.98 Å². The van der Waals surface area contributed by atoms with Crippen molar-refractivity contribution >= 4 is 0 Å². The second-order valence-corrected chi connectivity index (χ2v) is 3.93. The van der Waals surface area contributed by atoms with Gasteiger partial charge in [-0.3, -0.25) is 4.68 Å². The SMILES string of the molecule is Cn1ncnc1C(CCN)c1ccccc1O. The Hall–Kier alpha value is -1.88. The number of phenols is 1. The van der Waals surface area contributed by atoms with E-state index >= 15 is 0 Å². The van der Waals surface area contributed by atoms with Crippen molar-refractivity contribution in [1.29, 1.82) is 0 Å². The average molecular weight is 232 g/mol. The molecule has 1 heterocycles. The number of aromatic nitrogens is 3. The van der Waals surface area contributed by atoms with Crippen LogP contribution in [0, 0.1) is 0 Å². The molecule has 0 fully saturated rings. The lowest BCUT2D eigenvalue weighted by Gasteiger charge is -2.16. The third-order valence-corrected chi connectivity index (χ3v) is 2.83. The molecule has 0 spiro atoms. The van der Waals surface area contributed by atoms with Crippen molar-refractivity contribution in [3.05, 3.63) is 42.0 Å². The lowest BCUT2D eigenvalue weighted by Crippen LogP contribution is -2.13. The van der Waals surface area contributed by atoms with E-state index in [9.17, 15) is 5.11 Å². The lowest BCUT2D eigenvalue weighted by atomic mass is 9.94. The first-order valence-corrected chi connectivity index (χ1v) is 5.56. The number of benzene rings is 1. The van der Waals surface area contributed by atoms with Crippen LogP contribution in [0.2, 0.25) is 0 Å². The first kappa shape index (κ1) is 11.6. The molecule has 1 aromatic heterocycles. The highest BCUT2D eigenvalue weighted by molar-refractivity contribution is 5.38. The first-order valence-electron chi connectivity index (χ1n) is 5.56. The van der Waals surface area contributed by atoms with E-state index in [1.165, 1.54) is 6.33 Å². The summed E-state index contributed by atoms with van der Waals surface area (Å²) in [6, 6.07) is 7.27. The van der Waals surface area contributed by atoms with E-state index in [1.54, 1.807) is 16.8 Å². The zero-order chi connectivity index (χ0) is 12.3. The van der Waals surface area contributed by atoms with Crippen LogP contribution in [-0.4, -0.2) is 26.4 Å². The minimum atomic E-state index is -0.0197. The number of aryl methyl sites for hydroxylation is 1. The quantitative estimate of drug-likeness (QED) is 0.824. The van der Waals surface area contributed by atoms with Gasteiger partial charge in [-0.15, -0.1) is 0 Å². The molecular formula is C12H16N4O. The van der Waals surface area contributed by atoms with Crippen molar-refractivity contribution in [3.63, 3.8) is 0 Å². The van der Waals surface area contributed by atoms with E-state index in [1.807, 2.05) is 19.2 Å². The van der Waals surface area contributed by atoms with E-state index in [0.29, 0.717) is 6.54 Å². The summed E-state index contributed by atoms with van der Waals surface area (Å²) in [5.74, 6) is 1.07.